The van der Waals surface area contributed by atoms with Gasteiger partial charge in [-0.25, -0.2) is 0 Å². The minimum absolute atomic E-state index is 0.0427. The SMILES string of the molecule is CCC(NC(=O)c1ccc(OC)c(Br)c1)C(C)C. The summed E-state index contributed by atoms with van der Waals surface area (Å²) in [4.78, 5) is 12.1. The number of hydrogen-bond acceptors (Lipinski definition) is 2. The second-order valence-corrected chi connectivity index (χ2v) is 5.44. The van der Waals surface area contributed by atoms with Crippen molar-refractivity contribution in [3.8, 4) is 5.75 Å². The van der Waals surface area contributed by atoms with E-state index in [9.17, 15) is 4.79 Å². The number of carbonyl (C=O) groups excluding carboxylic acids is 1. The highest BCUT2D eigenvalue weighted by atomic mass is 79.9. The number of nitrogens with one attached hydrogen (secondary N) is 1. The highest BCUT2D eigenvalue weighted by molar-refractivity contribution is 9.10. The molecule has 0 aromatic heterocycles. The first kappa shape index (κ1) is 15.0. The van der Waals surface area contributed by atoms with Gasteiger partial charge < -0.3 is 10.1 Å². The zero-order valence-electron chi connectivity index (χ0n) is 11.3. The highest BCUT2D eigenvalue weighted by Gasteiger charge is 2.16. The van der Waals surface area contributed by atoms with Gasteiger partial charge in [0.25, 0.3) is 5.91 Å². The maximum atomic E-state index is 12.1. The third-order valence-corrected chi connectivity index (χ3v) is 3.59. The molecular formula is C14H20BrNO2. The largest absolute Gasteiger partial charge is 0.496 e. The zero-order valence-corrected chi connectivity index (χ0v) is 12.9. The molecule has 18 heavy (non-hydrogen) atoms. The Morgan fingerprint density at radius 3 is 2.56 bits per heavy atom. The second-order valence-electron chi connectivity index (χ2n) is 4.58. The van der Waals surface area contributed by atoms with Crippen molar-refractivity contribution in [2.45, 2.75) is 33.2 Å². The standard InChI is InChI=1S/C14H20BrNO2/c1-5-12(9(2)3)16-14(17)10-6-7-13(18-4)11(15)8-10/h6-9,12H,5H2,1-4H3,(H,16,17). The summed E-state index contributed by atoms with van der Waals surface area (Å²) >= 11 is 3.38. The molecule has 0 aliphatic rings. The van der Waals surface area contributed by atoms with Crippen LogP contribution in [0.4, 0.5) is 0 Å². The van der Waals surface area contributed by atoms with Crippen LogP contribution in [-0.4, -0.2) is 19.1 Å². The van der Waals surface area contributed by atoms with Crippen molar-refractivity contribution in [3.63, 3.8) is 0 Å². The fourth-order valence-electron chi connectivity index (χ4n) is 1.80. The van der Waals surface area contributed by atoms with E-state index in [-0.39, 0.29) is 11.9 Å². The Kier molecular flexibility index (Phi) is 5.66. The second kappa shape index (κ2) is 6.78. The molecule has 0 heterocycles. The van der Waals surface area contributed by atoms with E-state index in [0.29, 0.717) is 11.5 Å². The topological polar surface area (TPSA) is 38.3 Å². The summed E-state index contributed by atoms with van der Waals surface area (Å²) in [6.45, 7) is 6.30. The molecule has 1 unspecified atom stereocenters. The number of methoxy groups -OCH3 is 1. The van der Waals surface area contributed by atoms with Crippen molar-refractivity contribution >= 4 is 21.8 Å². The van der Waals surface area contributed by atoms with Crippen LogP contribution in [0.25, 0.3) is 0 Å². The van der Waals surface area contributed by atoms with Crippen molar-refractivity contribution in [1.82, 2.24) is 5.32 Å². The van der Waals surface area contributed by atoms with E-state index >= 15 is 0 Å². The molecule has 0 radical (unpaired) electrons. The predicted octanol–water partition coefficient (Wildman–Crippen LogP) is 3.62. The number of ether oxygens (including phenoxy) is 1. The van der Waals surface area contributed by atoms with E-state index in [1.165, 1.54) is 0 Å². The van der Waals surface area contributed by atoms with Crippen LogP contribution in [0, 0.1) is 5.92 Å². The van der Waals surface area contributed by atoms with Gasteiger partial charge in [-0.1, -0.05) is 20.8 Å². The first-order valence-electron chi connectivity index (χ1n) is 6.14. The third kappa shape index (κ3) is 3.73. The van der Waals surface area contributed by atoms with E-state index < -0.39 is 0 Å². The average Bonchev–Trinajstić information content (AvgIpc) is 2.35. The Balaban J connectivity index is 2.81. The smallest absolute Gasteiger partial charge is 0.251 e. The molecular weight excluding hydrogens is 294 g/mol. The van der Waals surface area contributed by atoms with Crippen molar-refractivity contribution in [3.05, 3.63) is 28.2 Å². The molecule has 1 rings (SSSR count). The Labute approximate surface area is 117 Å². The van der Waals surface area contributed by atoms with E-state index in [4.69, 9.17) is 4.74 Å². The lowest BCUT2D eigenvalue weighted by Gasteiger charge is -2.20. The fourth-order valence-corrected chi connectivity index (χ4v) is 2.34. The van der Waals surface area contributed by atoms with Gasteiger partial charge in [0.1, 0.15) is 5.75 Å². The van der Waals surface area contributed by atoms with Gasteiger partial charge in [0, 0.05) is 11.6 Å². The summed E-state index contributed by atoms with van der Waals surface area (Å²) in [6.07, 6.45) is 0.931. The Morgan fingerprint density at radius 1 is 1.44 bits per heavy atom. The number of benzene rings is 1. The summed E-state index contributed by atoms with van der Waals surface area (Å²) in [5.74, 6) is 1.11. The zero-order chi connectivity index (χ0) is 13.7. The molecule has 0 fully saturated rings. The Morgan fingerprint density at radius 2 is 2.11 bits per heavy atom. The normalized spacial score (nSPS) is 12.3. The minimum atomic E-state index is -0.0427. The molecule has 1 aromatic carbocycles. The lowest BCUT2D eigenvalue weighted by molar-refractivity contribution is 0.0924. The average molecular weight is 314 g/mol. The number of halogens is 1. The van der Waals surface area contributed by atoms with E-state index in [1.807, 2.05) is 0 Å². The van der Waals surface area contributed by atoms with Crippen LogP contribution in [0.5, 0.6) is 5.75 Å². The van der Waals surface area contributed by atoms with Gasteiger partial charge >= 0.3 is 0 Å². The van der Waals surface area contributed by atoms with Crippen LogP contribution in [0.2, 0.25) is 0 Å². The molecule has 0 saturated heterocycles. The summed E-state index contributed by atoms with van der Waals surface area (Å²) in [5.41, 5.74) is 0.641. The maximum absolute atomic E-state index is 12.1. The van der Waals surface area contributed by atoms with Crippen LogP contribution in [0.1, 0.15) is 37.6 Å². The number of carbonyl (C=O) groups is 1. The maximum Gasteiger partial charge on any atom is 0.251 e. The quantitative estimate of drug-likeness (QED) is 0.901. The van der Waals surface area contributed by atoms with Crippen molar-refractivity contribution in [2.24, 2.45) is 5.92 Å². The first-order valence-corrected chi connectivity index (χ1v) is 6.93. The van der Waals surface area contributed by atoms with Crippen molar-refractivity contribution < 1.29 is 9.53 Å². The van der Waals surface area contributed by atoms with Gasteiger partial charge in [0.2, 0.25) is 0 Å². The van der Waals surface area contributed by atoms with Crippen LogP contribution >= 0.6 is 15.9 Å². The van der Waals surface area contributed by atoms with Gasteiger partial charge in [-0.3, -0.25) is 4.79 Å². The van der Waals surface area contributed by atoms with Crippen LogP contribution in [0.15, 0.2) is 22.7 Å². The van der Waals surface area contributed by atoms with Crippen LogP contribution < -0.4 is 10.1 Å². The van der Waals surface area contributed by atoms with Crippen LogP contribution in [-0.2, 0) is 0 Å². The third-order valence-electron chi connectivity index (χ3n) is 2.98. The van der Waals surface area contributed by atoms with Crippen molar-refractivity contribution in [1.29, 1.82) is 0 Å². The van der Waals surface area contributed by atoms with Gasteiger partial charge in [-0.2, -0.15) is 0 Å². The summed E-state index contributed by atoms with van der Waals surface area (Å²) in [6, 6.07) is 5.54. The molecule has 0 bridgehead atoms. The fraction of sp³-hybridized carbons (Fsp3) is 0.500. The lowest BCUT2D eigenvalue weighted by Crippen LogP contribution is -2.37. The number of hydrogen-bond donors (Lipinski definition) is 1. The summed E-state index contributed by atoms with van der Waals surface area (Å²) < 4.78 is 5.93. The molecule has 0 saturated carbocycles. The lowest BCUT2D eigenvalue weighted by atomic mass is 10.0. The van der Waals surface area contributed by atoms with Crippen molar-refractivity contribution in [2.75, 3.05) is 7.11 Å². The molecule has 0 spiro atoms. The summed E-state index contributed by atoms with van der Waals surface area (Å²) in [5, 5.41) is 3.05. The first-order chi connectivity index (χ1) is 8.49. The Bertz CT molecular complexity index is 418. The van der Waals surface area contributed by atoms with E-state index in [0.717, 1.165) is 16.6 Å². The van der Waals surface area contributed by atoms with Gasteiger partial charge in [0.05, 0.1) is 11.6 Å². The van der Waals surface area contributed by atoms with E-state index in [1.54, 1.807) is 25.3 Å². The van der Waals surface area contributed by atoms with Crippen LogP contribution in [0.3, 0.4) is 0 Å². The monoisotopic (exact) mass is 313 g/mol. The molecule has 3 nitrogen and oxygen atoms in total. The highest BCUT2D eigenvalue weighted by Crippen LogP contribution is 2.25. The molecule has 100 valence electrons. The summed E-state index contributed by atoms with van der Waals surface area (Å²) in [7, 11) is 1.60. The molecule has 1 N–H and O–H groups in total. The molecule has 1 atom stereocenters. The number of amides is 1. The minimum Gasteiger partial charge on any atom is -0.496 e. The van der Waals surface area contributed by atoms with Gasteiger partial charge in [-0.15, -0.1) is 0 Å². The molecule has 0 aliphatic heterocycles. The van der Waals surface area contributed by atoms with Gasteiger partial charge in [-0.05, 0) is 46.5 Å². The molecule has 0 aliphatic carbocycles. The molecule has 4 heteroatoms. The number of rotatable bonds is 5. The van der Waals surface area contributed by atoms with Gasteiger partial charge in [0.15, 0.2) is 0 Å². The molecule has 1 amide bonds. The Hall–Kier alpha value is -1.03. The predicted molar refractivity (Wildman–Crippen MR) is 77.1 cm³/mol. The molecule has 1 aromatic rings. The van der Waals surface area contributed by atoms with E-state index in [2.05, 4.69) is 42.0 Å².